The van der Waals surface area contributed by atoms with Crippen molar-refractivity contribution in [1.29, 1.82) is 0 Å². The van der Waals surface area contributed by atoms with Gasteiger partial charge in [-0.15, -0.1) is 17.0 Å². The highest BCUT2D eigenvalue weighted by Gasteiger charge is 2.43. The molecular formula is C14H21Br2NO. The van der Waals surface area contributed by atoms with E-state index in [4.69, 9.17) is 5.73 Å². The lowest BCUT2D eigenvalue weighted by Crippen LogP contribution is -2.54. The molecule has 0 amide bonds. The van der Waals surface area contributed by atoms with Gasteiger partial charge in [-0.25, -0.2) is 0 Å². The van der Waals surface area contributed by atoms with Crippen molar-refractivity contribution >= 4 is 32.9 Å². The molecule has 0 aromatic heterocycles. The van der Waals surface area contributed by atoms with Crippen LogP contribution in [0.2, 0.25) is 0 Å². The van der Waals surface area contributed by atoms with E-state index < -0.39 is 0 Å². The molecule has 0 fully saturated rings. The van der Waals surface area contributed by atoms with Gasteiger partial charge in [0.1, 0.15) is 5.75 Å². The summed E-state index contributed by atoms with van der Waals surface area (Å²) in [4.78, 5) is 0.319. The predicted molar refractivity (Wildman–Crippen MR) is 85.1 cm³/mol. The fourth-order valence-electron chi connectivity index (χ4n) is 3.17. The first kappa shape index (κ1) is 16.0. The largest absolute Gasteiger partial charge is 0.508 e. The summed E-state index contributed by atoms with van der Waals surface area (Å²) in [5, 5.41) is 9.71. The Morgan fingerprint density at radius 3 is 2.56 bits per heavy atom. The highest BCUT2D eigenvalue weighted by molar-refractivity contribution is 9.09. The molecule has 3 N–H and O–H groups in total. The van der Waals surface area contributed by atoms with E-state index in [1.165, 1.54) is 11.1 Å². The predicted octanol–water partition coefficient (Wildman–Crippen LogP) is 3.67. The minimum absolute atomic E-state index is 0. The van der Waals surface area contributed by atoms with E-state index in [1.54, 1.807) is 6.07 Å². The maximum Gasteiger partial charge on any atom is 0.115 e. The van der Waals surface area contributed by atoms with Gasteiger partial charge in [-0.1, -0.05) is 35.8 Å². The van der Waals surface area contributed by atoms with Gasteiger partial charge < -0.3 is 10.8 Å². The van der Waals surface area contributed by atoms with Gasteiger partial charge in [-0.2, -0.15) is 0 Å². The molecule has 4 heteroatoms. The summed E-state index contributed by atoms with van der Waals surface area (Å²) in [6, 6.07) is 5.81. The van der Waals surface area contributed by atoms with Crippen molar-refractivity contribution in [3.8, 4) is 5.75 Å². The van der Waals surface area contributed by atoms with E-state index in [-0.39, 0.29) is 28.4 Å². The molecular weight excluding hydrogens is 358 g/mol. The number of halogens is 2. The number of aromatic hydroxyl groups is 1. The number of phenols is 1. The van der Waals surface area contributed by atoms with Crippen LogP contribution in [0.3, 0.4) is 0 Å². The molecule has 0 saturated carbocycles. The molecule has 1 aromatic carbocycles. The molecule has 0 spiro atoms. The van der Waals surface area contributed by atoms with Gasteiger partial charge in [0.2, 0.25) is 0 Å². The molecule has 18 heavy (non-hydrogen) atoms. The van der Waals surface area contributed by atoms with Crippen molar-refractivity contribution in [3.63, 3.8) is 0 Å². The SMILES string of the molecule is Br.CCC1(CC)c2cc(O)ccc2CC(Br)C1N. The minimum atomic E-state index is -0.0134. The number of hydrogen-bond donors (Lipinski definition) is 2. The van der Waals surface area contributed by atoms with Crippen LogP contribution in [0.15, 0.2) is 18.2 Å². The van der Waals surface area contributed by atoms with Gasteiger partial charge in [0.15, 0.2) is 0 Å². The fourth-order valence-corrected chi connectivity index (χ4v) is 4.03. The van der Waals surface area contributed by atoms with Crippen LogP contribution < -0.4 is 5.73 Å². The Morgan fingerprint density at radius 2 is 2.00 bits per heavy atom. The molecule has 1 aliphatic carbocycles. The van der Waals surface area contributed by atoms with Gasteiger partial charge in [0, 0.05) is 16.3 Å². The van der Waals surface area contributed by atoms with E-state index in [9.17, 15) is 5.11 Å². The summed E-state index contributed by atoms with van der Waals surface area (Å²) in [5.41, 5.74) is 8.96. The van der Waals surface area contributed by atoms with Crippen LogP contribution in [-0.2, 0) is 11.8 Å². The Bertz CT molecular complexity index is 418. The molecule has 0 aliphatic heterocycles. The molecule has 2 rings (SSSR count). The van der Waals surface area contributed by atoms with Gasteiger partial charge in [-0.3, -0.25) is 0 Å². The minimum Gasteiger partial charge on any atom is -0.508 e. The quantitative estimate of drug-likeness (QED) is 0.771. The summed E-state index contributed by atoms with van der Waals surface area (Å²) in [7, 11) is 0. The first-order chi connectivity index (χ1) is 8.05. The zero-order valence-corrected chi connectivity index (χ0v) is 14.1. The van der Waals surface area contributed by atoms with Crippen molar-refractivity contribution < 1.29 is 5.11 Å². The number of phenolic OH excluding ortho intramolecular Hbond substituents is 1. The molecule has 0 bridgehead atoms. The lowest BCUT2D eigenvalue weighted by atomic mass is 9.64. The van der Waals surface area contributed by atoms with E-state index in [0.29, 0.717) is 10.6 Å². The highest BCUT2D eigenvalue weighted by atomic mass is 79.9. The Labute approximate surface area is 128 Å². The van der Waals surface area contributed by atoms with Crippen molar-refractivity contribution in [3.05, 3.63) is 29.3 Å². The number of nitrogens with two attached hydrogens (primary N) is 1. The standard InChI is InChI=1S/C14H20BrNO.BrH/c1-3-14(4-2)11-8-10(17)6-5-9(11)7-12(15)13(14)16;/h5-6,8,12-13,17H,3-4,7,16H2,1-2H3;1H. The monoisotopic (exact) mass is 377 g/mol. The lowest BCUT2D eigenvalue weighted by Gasteiger charge is -2.45. The number of fused-ring (bicyclic) bond motifs is 1. The number of rotatable bonds is 2. The lowest BCUT2D eigenvalue weighted by molar-refractivity contribution is 0.292. The van der Waals surface area contributed by atoms with E-state index in [2.05, 4.69) is 29.8 Å². The van der Waals surface area contributed by atoms with Gasteiger partial charge >= 0.3 is 0 Å². The van der Waals surface area contributed by atoms with Crippen LogP contribution in [0.4, 0.5) is 0 Å². The average Bonchev–Trinajstić information content (AvgIpc) is 2.33. The third kappa shape index (κ3) is 2.35. The molecule has 0 radical (unpaired) electrons. The summed E-state index contributed by atoms with van der Waals surface area (Å²) in [5.74, 6) is 0.343. The maximum absolute atomic E-state index is 9.71. The molecule has 2 unspecified atom stereocenters. The second-order valence-electron chi connectivity index (χ2n) is 4.95. The number of benzene rings is 1. The normalized spacial score (nSPS) is 25.1. The molecule has 0 heterocycles. The fraction of sp³-hybridized carbons (Fsp3) is 0.571. The maximum atomic E-state index is 9.71. The smallest absolute Gasteiger partial charge is 0.115 e. The van der Waals surface area contributed by atoms with Gasteiger partial charge in [0.25, 0.3) is 0 Å². The van der Waals surface area contributed by atoms with Crippen LogP contribution in [-0.4, -0.2) is 16.0 Å². The van der Waals surface area contributed by atoms with Crippen LogP contribution in [0, 0.1) is 0 Å². The highest BCUT2D eigenvalue weighted by Crippen LogP contribution is 2.44. The van der Waals surface area contributed by atoms with Crippen LogP contribution >= 0.6 is 32.9 Å². The van der Waals surface area contributed by atoms with Crippen LogP contribution in [0.25, 0.3) is 0 Å². The number of alkyl halides is 1. The van der Waals surface area contributed by atoms with Gasteiger partial charge in [0.05, 0.1) is 0 Å². The summed E-state index contributed by atoms with van der Waals surface area (Å²) in [6.07, 6.45) is 2.95. The summed E-state index contributed by atoms with van der Waals surface area (Å²) >= 11 is 3.71. The molecule has 102 valence electrons. The first-order valence-corrected chi connectivity index (χ1v) is 7.18. The molecule has 1 aromatic rings. The zero-order chi connectivity index (χ0) is 12.6. The average molecular weight is 379 g/mol. The second-order valence-corrected chi connectivity index (χ2v) is 6.13. The second kappa shape index (κ2) is 5.93. The third-order valence-corrected chi connectivity index (χ3v) is 5.23. The van der Waals surface area contributed by atoms with Crippen molar-refractivity contribution in [2.75, 3.05) is 0 Å². The van der Waals surface area contributed by atoms with Gasteiger partial charge in [-0.05, 0) is 42.5 Å². The zero-order valence-electron chi connectivity index (χ0n) is 10.8. The van der Waals surface area contributed by atoms with E-state index in [0.717, 1.165) is 19.3 Å². The molecule has 2 atom stereocenters. The Morgan fingerprint density at radius 1 is 1.39 bits per heavy atom. The van der Waals surface area contributed by atoms with E-state index in [1.807, 2.05) is 12.1 Å². The Balaban J connectivity index is 0.00000162. The Hall–Kier alpha value is -0.0600. The Kier molecular flexibility index (Phi) is 5.27. The molecule has 0 saturated heterocycles. The molecule has 1 aliphatic rings. The summed E-state index contributed by atoms with van der Waals surface area (Å²) < 4.78 is 0. The topological polar surface area (TPSA) is 46.2 Å². The van der Waals surface area contributed by atoms with Crippen molar-refractivity contribution in [2.24, 2.45) is 5.73 Å². The van der Waals surface area contributed by atoms with Crippen LogP contribution in [0.5, 0.6) is 5.75 Å². The van der Waals surface area contributed by atoms with Crippen molar-refractivity contribution in [1.82, 2.24) is 0 Å². The third-order valence-electron chi connectivity index (χ3n) is 4.33. The van der Waals surface area contributed by atoms with Crippen molar-refractivity contribution in [2.45, 2.75) is 49.4 Å². The van der Waals surface area contributed by atoms with Crippen LogP contribution in [0.1, 0.15) is 37.8 Å². The molecule has 2 nitrogen and oxygen atoms in total. The van der Waals surface area contributed by atoms with E-state index >= 15 is 0 Å². The first-order valence-electron chi connectivity index (χ1n) is 6.27. The summed E-state index contributed by atoms with van der Waals surface area (Å²) in [6.45, 7) is 4.37. The number of hydrogen-bond acceptors (Lipinski definition) is 2.